The van der Waals surface area contributed by atoms with Crippen molar-refractivity contribution < 1.29 is 63.0 Å². The zero-order chi connectivity index (χ0) is 62.2. The summed E-state index contributed by atoms with van der Waals surface area (Å²) in [5.74, 6) is -9.49. The number of nitrogens with two attached hydrogens (primary N) is 5. The van der Waals surface area contributed by atoms with Gasteiger partial charge >= 0.3 is 0 Å². The molecule has 0 aromatic carbocycles. The molecule has 0 aromatic heterocycles. The molecule has 0 bridgehead atoms. The predicted molar refractivity (Wildman–Crippen MR) is 305 cm³/mol. The molecule has 1 heterocycles. The molecule has 1 saturated heterocycles. The first kappa shape index (κ1) is 73.9. The van der Waals surface area contributed by atoms with Gasteiger partial charge in [-0.3, -0.25) is 52.7 Å². The summed E-state index contributed by atoms with van der Waals surface area (Å²) in [4.78, 5) is 153. The first-order chi connectivity index (χ1) is 38.7. The van der Waals surface area contributed by atoms with Gasteiger partial charge < -0.3 is 97.4 Å². The number of hydrogen-bond donors (Lipinski definition) is 18. The van der Waals surface area contributed by atoms with E-state index in [0.717, 1.165) is 19.3 Å². The molecule has 13 atom stereocenters. The van der Waals surface area contributed by atoms with Crippen molar-refractivity contribution in [3.63, 3.8) is 0 Å². The number of nitrogens with one attached hydrogen (secondary N) is 11. The highest BCUT2D eigenvalue weighted by Crippen LogP contribution is 2.14. The standard InChI is InChI=1S/C53H100N16O13/c1-9-30(6)12-10-11-13-41(72)60-33(14-20-54)48(77)69-43(32(8)71)53(82)65-36(17-23-57)45(74)64-38-19-25-59-52(81)42(31(7)70)68-49(78)37(18-24-58)62-44(73)34(15-21-55)63-50(79)39(26-28(2)3)67-51(80)40(27-29(4)5)66-46(75)35(16-22-56)61-47(38)76/h28-40,42-43,70-71H,9-27,54-58H2,1-8H3,(H,59,81)(H,60,72)(H,61,76)(H,62,73)(H,63,79)(H,64,74)(H,65,82)(H,66,75)(H,67,80)(H,68,78)(H,69,77)/t30?,31?,32?,33-,34+,35?,36-,37-,38?,39-,40+,42?,43-/m0/s1. The van der Waals surface area contributed by atoms with Crippen LogP contribution in [-0.2, 0) is 52.7 Å². The average molecular weight is 1170 g/mol. The van der Waals surface area contributed by atoms with Crippen LogP contribution < -0.4 is 87.2 Å². The van der Waals surface area contributed by atoms with Gasteiger partial charge in [0, 0.05) is 13.0 Å². The molecule has 11 amide bonds. The van der Waals surface area contributed by atoms with E-state index in [1.165, 1.54) is 13.8 Å². The molecule has 0 aromatic rings. The van der Waals surface area contributed by atoms with Gasteiger partial charge in [0.2, 0.25) is 65.0 Å². The van der Waals surface area contributed by atoms with Gasteiger partial charge in [0.25, 0.3) is 0 Å². The zero-order valence-electron chi connectivity index (χ0n) is 49.4. The molecule has 29 nitrogen and oxygen atoms in total. The highest BCUT2D eigenvalue weighted by atomic mass is 16.3. The van der Waals surface area contributed by atoms with E-state index in [2.05, 4.69) is 72.3 Å². The van der Waals surface area contributed by atoms with Crippen molar-refractivity contribution in [2.45, 2.75) is 211 Å². The second-order valence-electron chi connectivity index (χ2n) is 22.0. The second kappa shape index (κ2) is 39.4. The molecule has 23 N–H and O–H groups in total. The predicted octanol–water partition coefficient (Wildman–Crippen LogP) is -5.44. The van der Waals surface area contributed by atoms with E-state index in [1.54, 1.807) is 27.7 Å². The zero-order valence-corrected chi connectivity index (χ0v) is 49.4. The fourth-order valence-corrected chi connectivity index (χ4v) is 8.76. The first-order valence-corrected chi connectivity index (χ1v) is 28.8. The molecule has 6 unspecified atom stereocenters. The maximum atomic E-state index is 14.4. The third-order valence-electron chi connectivity index (χ3n) is 13.7. The highest BCUT2D eigenvalue weighted by Gasteiger charge is 2.37. The molecule has 0 radical (unpaired) electrons. The summed E-state index contributed by atoms with van der Waals surface area (Å²) in [7, 11) is 0. The van der Waals surface area contributed by atoms with E-state index in [0.29, 0.717) is 12.3 Å². The maximum absolute atomic E-state index is 14.4. The molecule has 1 aliphatic rings. The van der Waals surface area contributed by atoms with Crippen LogP contribution in [0.4, 0.5) is 0 Å². The number of hydrogen-bond acceptors (Lipinski definition) is 18. The summed E-state index contributed by atoms with van der Waals surface area (Å²) < 4.78 is 0. The van der Waals surface area contributed by atoms with E-state index >= 15 is 0 Å². The number of carbonyl (C=O) groups excluding carboxylic acids is 11. The van der Waals surface area contributed by atoms with Gasteiger partial charge in [-0.25, -0.2) is 0 Å². The lowest BCUT2D eigenvalue weighted by atomic mass is 9.99. The minimum Gasteiger partial charge on any atom is -0.391 e. The van der Waals surface area contributed by atoms with Gasteiger partial charge in [-0.05, 0) is 122 Å². The Morgan fingerprint density at radius 2 is 0.963 bits per heavy atom. The molecule has 1 aliphatic heterocycles. The minimum absolute atomic E-state index is 0.0131. The Morgan fingerprint density at radius 1 is 0.524 bits per heavy atom. The lowest BCUT2D eigenvalue weighted by Gasteiger charge is -2.29. The number of carbonyl (C=O) groups is 11. The van der Waals surface area contributed by atoms with Crippen molar-refractivity contribution in [3.8, 4) is 0 Å². The third kappa shape index (κ3) is 27.3. The molecular formula is C53H100N16O13. The fourth-order valence-electron chi connectivity index (χ4n) is 8.76. The van der Waals surface area contributed by atoms with Crippen LogP contribution in [0.25, 0.3) is 0 Å². The molecular weight excluding hydrogens is 1070 g/mol. The summed E-state index contributed by atoms with van der Waals surface area (Å²) in [6, 6.07) is -14.5. The Bertz CT molecular complexity index is 2070. The Kier molecular flexibility index (Phi) is 35.5. The fraction of sp³-hybridized carbons (Fsp3) is 0.792. The van der Waals surface area contributed by atoms with Crippen LogP contribution in [0, 0.1) is 17.8 Å². The van der Waals surface area contributed by atoms with E-state index in [9.17, 15) is 63.0 Å². The van der Waals surface area contributed by atoms with Crippen molar-refractivity contribution in [2.24, 2.45) is 46.4 Å². The van der Waals surface area contributed by atoms with E-state index in [-0.39, 0.29) is 95.9 Å². The molecule has 29 heteroatoms. The SMILES string of the molecule is CCC(C)CCCCC(=O)N[C@@H](CCN)C(=O)N[C@H](C(=O)N[C@@H](CCN)C(=O)NC1CCNC(=O)C(C(C)O)NC(=O)[C@H](CCN)NC(=O)[C@@H](CCN)NC(=O)[C@H](CC(C)C)NC(=O)[C@@H](CC(C)C)NC(=O)C(CCN)NC1=O)C(C)O. The van der Waals surface area contributed by atoms with Crippen molar-refractivity contribution >= 4 is 65.0 Å². The van der Waals surface area contributed by atoms with Crippen molar-refractivity contribution in [2.75, 3.05) is 39.3 Å². The Labute approximate surface area is 482 Å². The van der Waals surface area contributed by atoms with E-state index in [1.807, 2.05) is 0 Å². The Hall–Kier alpha value is -6.11. The smallest absolute Gasteiger partial charge is 0.245 e. The van der Waals surface area contributed by atoms with Gasteiger partial charge in [0.05, 0.1) is 12.2 Å². The molecule has 82 heavy (non-hydrogen) atoms. The Balaban J connectivity index is 3.81. The molecule has 0 spiro atoms. The lowest BCUT2D eigenvalue weighted by Crippen LogP contribution is -2.62. The van der Waals surface area contributed by atoms with E-state index < -0.39 is 151 Å². The molecule has 0 saturated carbocycles. The number of aliphatic hydroxyl groups excluding tert-OH is 2. The van der Waals surface area contributed by atoms with Crippen LogP contribution in [0.2, 0.25) is 0 Å². The molecule has 470 valence electrons. The summed E-state index contributed by atoms with van der Waals surface area (Å²) in [6.45, 7) is 12.6. The van der Waals surface area contributed by atoms with Crippen LogP contribution in [-0.4, -0.2) is 187 Å². The van der Waals surface area contributed by atoms with Crippen molar-refractivity contribution in [1.29, 1.82) is 0 Å². The van der Waals surface area contributed by atoms with Crippen molar-refractivity contribution in [3.05, 3.63) is 0 Å². The average Bonchev–Trinajstić information content (AvgIpc) is 3.41. The highest BCUT2D eigenvalue weighted by molar-refractivity contribution is 5.99. The first-order valence-electron chi connectivity index (χ1n) is 28.8. The topological polar surface area (TPSA) is 491 Å². The summed E-state index contributed by atoms with van der Waals surface area (Å²) in [6.07, 6.45) is -0.760. The largest absolute Gasteiger partial charge is 0.391 e. The number of rotatable bonds is 29. The summed E-state index contributed by atoms with van der Waals surface area (Å²) >= 11 is 0. The second-order valence-corrected chi connectivity index (χ2v) is 22.0. The lowest BCUT2D eigenvalue weighted by molar-refractivity contribution is -0.137. The summed E-state index contributed by atoms with van der Waals surface area (Å²) in [5.41, 5.74) is 29.2. The quantitative estimate of drug-likeness (QED) is 0.0311. The van der Waals surface area contributed by atoms with Gasteiger partial charge in [0.15, 0.2) is 0 Å². The number of unbranched alkanes of at least 4 members (excludes halogenated alkanes) is 1. The normalized spacial score (nSPS) is 23.4. The Morgan fingerprint density at radius 3 is 1.39 bits per heavy atom. The number of amides is 11. The van der Waals surface area contributed by atoms with Crippen LogP contribution in [0.15, 0.2) is 0 Å². The van der Waals surface area contributed by atoms with Crippen LogP contribution >= 0.6 is 0 Å². The van der Waals surface area contributed by atoms with Crippen LogP contribution in [0.5, 0.6) is 0 Å². The minimum atomic E-state index is -1.69. The van der Waals surface area contributed by atoms with Gasteiger partial charge in [-0.2, -0.15) is 0 Å². The van der Waals surface area contributed by atoms with Crippen LogP contribution in [0.1, 0.15) is 139 Å². The van der Waals surface area contributed by atoms with Gasteiger partial charge in [-0.15, -0.1) is 0 Å². The molecule has 1 fully saturated rings. The summed E-state index contributed by atoms with van der Waals surface area (Å²) in [5, 5.41) is 49.5. The van der Waals surface area contributed by atoms with Gasteiger partial charge in [-0.1, -0.05) is 60.8 Å². The van der Waals surface area contributed by atoms with Crippen molar-refractivity contribution in [1.82, 2.24) is 58.5 Å². The van der Waals surface area contributed by atoms with Crippen LogP contribution in [0.3, 0.4) is 0 Å². The van der Waals surface area contributed by atoms with Gasteiger partial charge in [0.1, 0.15) is 60.4 Å². The monoisotopic (exact) mass is 1170 g/mol. The third-order valence-corrected chi connectivity index (χ3v) is 13.7. The molecule has 1 rings (SSSR count). The number of aliphatic hydroxyl groups is 2. The maximum Gasteiger partial charge on any atom is 0.245 e. The molecule has 0 aliphatic carbocycles. The van der Waals surface area contributed by atoms with E-state index in [4.69, 9.17) is 28.7 Å².